The molecule has 0 atom stereocenters. The van der Waals surface area contributed by atoms with Gasteiger partial charge in [-0.05, 0) is 29.7 Å². The number of hydrogen-bond donors (Lipinski definition) is 1. The molecule has 18 heavy (non-hydrogen) atoms. The molecular formula is C15H18N2O. The maximum atomic E-state index is 5.25. The van der Waals surface area contributed by atoms with Crippen molar-refractivity contribution in [2.24, 2.45) is 0 Å². The molecule has 2 rings (SSSR count). The van der Waals surface area contributed by atoms with Gasteiger partial charge in [0.05, 0.1) is 19.0 Å². The van der Waals surface area contributed by atoms with E-state index in [2.05, 4.69) is 48.4 Å². The second-order valence-corrected chi connectivity index (χ2v) is 4.48. The first-order chi connectivity index (χ1) is 8.70. The lowest BCUT2D eigenvalue weighted by atomic mass is 10.0. The Bertz CT molecular complexity index is 506. The van der Waals surface area contributed by atoms with Crippen LogP contribution in [0.2, 0.25) is 0 Å². The summed E-state index contributed by atoms with van der Waals surface area (Å²) < 4.78 is 5.25. The van der Waals surface area contributed by atoms with Crippen LogP contribution in [0.5, 0.6) is 5.75 Å². The van der Waals surface area contributed by atoms with E-state index in [4.69, 9.17) is 4.74 Å². The number of benzene rings is 1. The standard InChI is InChI=1S/C15H18N2O/c1-11(2)12-4-6-13(7-5-12)17-14-8-9-16-10-15(14)18-3/h4-11H,1-3H3,(H,16,17). The highest BCUT2D eigenvalue weighted by molar-refractivity contribution is 5.65. The Balaban J connectivity index is 2.18. The summed E-state index contributed by atoms with van der Waals surface area (Å²) in [6.45, 7) is 4.38. The minimum absolute atomic E-state index is 0.550. The summed E-state index contributed by atoms with van der Waals surface area (Å²) in [5.74, 6) is 1.29. The van der Waals surface area contributed by atoms with Crippen molar-refractivity contribution in [3.63, 3.8) is 0 Å². The van der Waals surface area contributed by atoms with Crippen molar-refractivity contribution in [2.45, 2.75) is 19.8 Å². The molecule has 1 aromatic carbocycles. The van der Waals surface area contributed by atoms with Crippen LogP contribution in [0.4, 0.5) is 11.4 Å². The SMILES string of the molecule is COc1cnccc1Nc1ccc(C(C)C)cc1. The Morgan fingerprint density at radius 3 is 2.44 bits per heavy atom. The highest BCUT2D eigenvalue weighted by Crippen LogP contribution is 2.26. The molecular weight excluding hydrogens is 224 g/mol. The molecule has 1 heterocycles. The second-order valence-electron chi connectivity index (χ2n) is 4.48. The van der Waals surface area contributed by atoms with Gasteiger partial charge in [-0.3, -0.25) is 4.98 Å². The molecule has 94 valence electrons. The van der Waals surface area contributed by atoms with E-state index in [1.165, 1.54) is 5.56 Å². The van der Waals surface area contributed by atoms with E-state index >= 15 is 0 Å². The van der Waals surface area contributed by atoms with E-state index in [-0.39, 0.29) is 0 Å². The van der Waals surface area contributed by atoms with Gasteiger partial charge in [0.2, 0.25) is 0 Å². The fourth-order valence-corrected chi connectivity index (χ4v) is 1.75. The summed E-state index contributed by atoms with van der Waals surface area (Å²) in [5.41, 5.74) is 3.30. The van der Waals surface area contributed by atoms with Crippen molar-refractivity contribution in [2.75, 3.05) is 12.4 Å². The molecule has 1 N–H and O–H groups in total. The summed E-state index contributed by atoms with van der Waals surface area (Å²) in [6.07, 6.45) is 3.44. The lowest BCUT2D eigenvalue weighted by Crippen LogP contribution is -1.95. The van der Waals surface area contributed by atoms with Crippen molar-refractivity contribution in [3.05, 3.63) is 48.3 Å². The smallest absolute Gasteiger partial charge is 0.160 e. The lowest BCUT2D eigenvalue weighted by molar-refractivity contribution is 0.415. The number of nitrogens with one attached hydrogen (secondary N) is 1. The van der Waals surface area contributed by atoms with Crippen molar-refractivity contribution in [1.82, 2.24) is 4.98 Å². The predicted molar refractivity (Wildman–Crippen MR) is 74.6 cm³/mol. The molecule has 0 aliphatic rings. The molecule has 0 aliphatic carbocycles. The number of methoxy groups -OCH3 is 1. The number of hydrogen-bond acceptors (Lipinski definition) is 3. The third-order valence-electron chi connectivity index (χ3n) is 2.86. The number of aromatic nitrogens is 1. The maximum absolute atomic E-state index is 5.25. The van der Waals surface area contributed by atoms with E-state index in [0.29, 0.717) is 5.92 Å². The van der Waals surface area contributed by atoms with Gasteiger partial charge in [-0.25, -0.2) is 0 Å². The summed E-state index contributed by atoms with van der Waals surface area (Å²) in [4.78, 5) is 4.03. The topological polar surface area (TPSA) is 34.1 Å². The fraction of sp³-hybridized carbons (Fsp3) is 0.267. The molecule has 0 unspecified atom stereocenters. The zero-order valence-electron chi connectivity index (χ0n) is 11.0. The molecule has 0 radical (unpaired) electrons. The molecule has 3 heteroatoms. The maximum Gasteiger partial charge on any atom is 0.160 e. The Morgan fingerprint density at radius 1 is 1.11 bits per heavy atom. The van der Waals surface area contributed by atoms with Gasteiger partial charge in [-0.2, -0.15) is 0 Å². The van der Waals surface area contributed by atoms with Crippen molar-refractivity contribution < 1.29 is 4.74 Å². The van der Waals surface area contributed by atoms with Crippen molar-refractivity contribution >= 4 is 11.4 Å². The fourth-order valence-electron chi connectivity index (χ4n) is 1.75. The Kier molecular flexibility index (Phi) is 3.82. The second kappa shape index (κ2) is 5.54. The monoisotopic (exact) mass is 242 g/mol. The molecule has 0 fully saturated rings. The van der Waals surface area contributed by atoms with Gasteiger partial charge in [0.25, 0.3) is 0 Å². The van der Waals surface area contributed by atoms with E-state index < -0.39 is 0 Å². The minimum Gasteiger partial charge on any atom is -0.493 e. The van der Waals surface area contributed by atoms with Gasteiger partial charge < -0.3 is 10.1 Å². The highest BCUT2D eigenvalue weighted by Gasteiger charge is 2.03. The first kappa shape index (κ1) is 12.4. The zero-order valence-corrected chi connectivity index (χ0v) is 11.0. The van der Waals surface area contributed by atoms with E-state index in [1.54, 1.807) is 19.5 Å². The van der Waals surface area contributed by atoms with Crippen LogP contribution in [-0.4, -0.2) is 12.1 Å². The number of ether oxygens (including phenoxy) is 1. The molecule has 2 aromatic rings. The molecule has 0 spiro atoms. The molecule has 1 aromatic heterocycles. The van der Waals surface area contributed by atoms with E-state index in [1.807, 2.05) is 6.07 Å². The normalized spacial score (nSPS) is 10.4. The van der Waals surface area contributed by atoms with Crippen LogP contribution < -0.4 is 10.1 Å². The van der Waals surface area contributed by atoms with E-state index in [0.717, 1.165) is 17.1 Å². The summed E-state index contributed by atoms with van der Waals surface area (Å²) in [5, 5.41) is 3.32. The summed E-state index contributed by atoms with van der Waals surface area (Å²) >= 11 is 0. The van der Waals surface area contributed by atoms with Gasteiger partial charge in [0, 0.05) is 11.9 Å². The summed E-state index contributed by atoms with van der Waals surface area (Å²) in [7, 11) is 1.64. The number of rotatable bonds is 4. The van der Waals surface area contributed by atoms with Gasteiger partial charge in [-0.1, -0.05) is 26.0 Å². The van der Waals surface area contributed by atoms with Crippen molar-refractivity contribution in [3.8, 4) is 5.75 Å². The van der Waals surface area contributed by atoms with Gasteiger partial charge >= 0.3 is 0 Å². The Labute approximate surface area is 108 Å². The van der Waals surface area contributed by atoms with Crippen LogP contribution in [0.25, 0.3) is 0 Å². The minimum atomic E-state index is 0.550. The summed E-state index contributed by atoms with van der Waals surface area (Å²) in [6, 6.07) is 10.3. The Hall–Kier alpha value is -2.03. The number of pyridine rings is 1. The van der Waals surface area contributed by atoms with Crippen LogP contribution >= 0.6 is 0 Å². The van der Waals surface area contributed by atoms with Crippen molar-refractivity contribution in [1.29, 1.82) is 0 Å². The van der Waals surface area contributed by atoms with Gasteiger partial charge in [0.15, 0.2) is 5.75 Å². The largest absolute Gasteiger partial charge is 0.493 e. The third-order valence-corrected chi connectivity index (χ3v) is 2.86. The quantitative estimate of drug-likeness (QED) is 0.881. The predicted octanol–water partition coefficient (Wildman–Crippen LogP) is 3.96. The first-order valence-electron chi connectivity index (χ1n) is 6.05. The van der Waals surface area contributed by atoms with Crippen LogP contribution in [0.1, 0.15) is 25.3 Å². The van der Waals surface area contributed by atoms with E-state index in [9.17, 15) is 0 Å². The number of anilines is 2. The van der Waals surface area contributed by atoms with Gasteiger partial charge in [0.1, 0.15) is 0 Å². The zero-order chi connectivity index (χ0) is 13.0. The average Bonchev–Trinajstić information content (AvgIpc) is 2.40. The molecule has 0 amide bonds. The van der Waals surface area contributed by atoms with Crippen LogP contribution in [0.3, 0.4) is 0 Å². The lowest BCUT2D eigenvalue weighted by Gasteiger charge is -2.11. The molecule has 0 aliphatic heterocycles. The average molecular weight is 242 g/mol. The van der Waals surface area contributed by atoms with Crippen LogP contribution in [-0.2, 0) is 0 Å². The Morgan fingerprint density at radius 2 is 1.83 bits per heavy atom. The third kappa shape index (κ3) is 2.80. The van der Waals surface area contributed by atoms with Crippen LogP contribution in [0.15, 0.2) is 42.7 Å². The molecule has 0 bridgehead atoms. The number of nitrogens with zero attached hydrogens (tertiary/aromatic N) is 1. The highest BCUT2D eigenvalue weighted by atomic mass is 16.5. The first-order valence-corrected chi connectivity index (χ1v) is 6.05. The molecule has 0 saturated carbocycles. The van der Waals surface area contributed by atoms with Gasteiger partial charge in [-0.15, -0.1) is 0 Å². The molecule has 3 nitrogen and oxygen atoms in total. The van der Waals surface area contributed by atoms with Crippen LogP contribution in [0, 0.1) is 0 Å². The molecule has 0 saturated heterocycles.